The maximum absolute atomic E-state index is 6.31. The van der Waals surface area contributed by atoms with Crippen molar-refractivity contribution >= 4 is 34.8 Å². The van der Waals surface area contributed by atoms with E-state index in [9.17, 15) is 0 Å². The van der Waals surface area contributed by atoms with Crippen molar-refractivity contribution in [1.82, 2.24) is 15.1 Å². The molecule has 0 spiro atoms. The maximum atomic E-state index is 6.31. The van der Waals surface area contributed by atoms with Gasteiger partial charge in [0.15, 0.2) is 0 Å². The summed E-state index contributed by atoms with van der Waals surface area (Å²) in [6.07, 6.45) is 1.64. The third kappa shape index (κ3) is 3.92. The van der Waals surface area contributed by atoms with Gasteiger partial charge >= 0.3 is 0 Å². The van der Waals surface area contributed by atoms with E-state index in [0.717, 1.165) is 34.8 Å². The average Bonchev–Trinajstić information content (AvgIpc) is 2.68. The van der Waals surface area contributed by atoms with Gasteiger partial charge in [0.2, 0.25) is 0 Å². The molecule has 6 heteroatoms. The second-order valence-corrected chi connectivity index (χ2v) is 6.30. The van der Waals surface area contributed by atoms with Crippen LogP contribution in [0.15, 0.2) is 18.2 Å². The molecule has 1 aromatic heterocycles. The highest BCUT2D eigenvalue weighted by Crippen LogP contribution is 2.25. The lowest BCUT2D eigenvalue weighted by Gasteiger charge is -2.17. The van der Waals surface area contributed by atoms with E-state index in [1.807, 2.05) is 43.9 Å². The number of benzene rings is 1. The van der Waals surface area contributed by atoms with E-state index in [-0.39, 0.29) is 6.04 Å². The molecule has 0 bridgehead atoms. The minimum atomic E-state index is 0.245. The number of halogens is 3. The van der Waals surface area contributed by atoms with E-state index >= 15 is 0 Å². The lowest BCUT2D eigenvalue weighted by Crippen LogP contribution is -2.30. The third-order valence-corrected chi connectivity index (χ3v) is 4.81. The van der Waals surface area contributed by atoms with Crippen LogP contribution in [0.4, 0.5) is 0 Å². The van der Waals surface area contributed by atoms with Gasteiger partial charge in [0.1, 0.15) is 0 Å². The Kier molecular flexibility index (Phi) is 5.55. The number of rotatable bonds is 5. The highest BCUT2D eigenvalue weighted by atomic mass is 35.5. The van der Waals surface area contributed by atoms with Crippen molar-refractivity contribution < 1.29 is 0 Å². The summed E-state index contributed by atoms with van der Waals surface area (Å²) in [5, 5.41) is 9.57. The lowest BCUT2D eigenvalue weighted by atomic mass is 10.0. The molecule has 1 atom stereocenters. The van der Waals surface area contributed by atoms with Crippen LogP contribution in [0.25, 0.3) is 0 Å². The zero-order chi connectivity index (χ0) is 15.6. The molecule has 0 amide bonds. The number of hydrogen-bond acceptors (Lipinski definition) is 2. The monoisotopic (exact) mass is 345 g/mol. The summed E-state index contributed by atoms with van der Waals surface area (Å²) in [6.45, 7) is 1.92. The van der Waals surface area contributed by atoms with Gasteiger partial charge in [-0.15, -0.1) is 0 Å². The highest BCUT2D eigenvalue weighted by Gasteiger charge is 2.16. The van der Waals surface area contributed by atoms with Gasteiger partial charge in [-0.25, -0.2) is 0 Å². The van der Waals surface area contributed by atoms with Crippen LogP contribution >= 0.6 is 34.8 Å². The standard InChI is InChI=1S/C15H18Cl3N3/c1-9-15(18)14(21(3)20-9)8-11(19-2)6-10-4-5-12(16)13(17)7-10/h4-5,7,11,19H,6,8H2,1-3H3. The SMILES string of the molecule is CNC(Cc1ccc(Cl)c(Cl)c1)Cc1c(Cl)c(C)nn1C. The zero-order valence-electron chi connectivity index (χ0n) is 12.3. The summed E-state index contributed by atoms with van der Waals surface area (Å²) in [6, 6.07) is 5.97. The Morgan fingerprint density at radius 2 is 1.90 bits per heavy atom. The predicted molar refractivity (Wildman–Crippen MR) is 89.7 cm³/mol. The largest absolute Gasteiger partial charge is 0.316 e. The molecule has 1 unspecified atom stereocenters. The maximum Gasteiger partial charge on any atom is 0.0847 e. The Labute approximate surface area is 140 Å². The zero-order valence-corrected chi connectivity index (χ0v) is 14.5. The van der Waals surface area contributed by atoms with Crippen LogP contribution in [0.1, 0.15) is 17.0 Å². The van der Waals surface area contributed by atoms with Gasteiger partial charge in [-0.05, 0) is 38.1 Å². The Hall–Kier alpha value is -0.740. The number of nitrogens with one attached hydrogen (secondary N) is 1. The van der Waals surface area contributed by atoms with Gasteiger partial charge in [-0.2, -0.15) is 5.10 Å². The number of aryl methyl sites for hydroxylation is 2. The van der Waals surface area contributed by atoms with Gasteiger partial charge in [0.25, 0.3) is 0 Å². The van der Waals surface area contributed by atoms with Crippen molar-refractivity contribution in [3.63, 3.8) is 0 Å². The van der Waals surface area contributed by atoms with Crippen LogP contribution in [-0.4, -0.2) is 22.9 Å². The molecule has 0 aliphatic heterocycles. The van der Waals surface area contributed by atoms with Crippen LogP contribution < -0.4 is 5.32 Å². The fourth-order valence-corrected chi connectivity index (χ4v) is 2.92. The first-order chi connectivity index (χ1) is 9.92. The third-order valence-electron chi connectivity index (χ3n) is 3.58. The highest BCUT2D eigenvalue weighted by molar-refractivity contribution is 6.42. The number of hydrogen-bond donors (Lipinski definition) is 1. The minimum Gasteiger partial charge on any atom is -0.316 e. The van der Waals surface area contributed by atoms with Crippen molar-refractivity contribution in [2.75, 3.05) is 7.05 Å². The molecule has 2 rings (SSSR count). The first-order valence-electron chi connectivity index (χ1n) is 6.71. The second kappa shape index (κ2) is 7.01. The van der Waals surface area contributed by atoms with E-state index in [1.165, 1.54) is 0 Å². The molecule has 1 N–H and O–H groups in total. The van der Waals surface area contributed by atoms with Crippen LogP contribution in [-0.2, 0) is 19.9 Å². The van der Waals surface area contributed by atoms with E-state index in [1.54, 1.807) is 0 Å². The molecular formula is C15H18Cl3N3. The molecule has 0 saturated carbocycles. The Morgan fingerprint density at radius 3 is 2.43 bits per heavy atom. The van der Waals surface area contributed by atoms with E-state index < -0.39 is 0 Å². The summed E-state index contributed by atoms with van der Waals surface area (Å²) < 4.78 is 1.84. The van der Waals surface area contributed by atoms with Gasteiger partial charge in [0.05, 0.1) is 26.5 Å². The molecule has 0 saturated heterocycles. The first kappa shape index (κ1) is 16.6. The van der Waals surface area contributed by atoms with Gasteiger partial charge in [-0.1, -0.05) is 40.9 Å². The predicted octanol–water partition coefficient (Wildman–Crippen LogP) is 4.06. The van der Waals surface area contributed by atoms with E-state index in [2.05, 4.69) is 10.4 Å². The van der Waals surface area contributed by atoms with Crippen LogP contribution in [0.2, 0.25) is 15.1 Å². The molecule has 3 nitrogen and oxygen atoms in total. The Balaban J connectivity index is 2.14. The summed E-state index contributed by atoms with van der Waals surface area (Å²) in [4.78, 5) is 0. The topological polar surface area (TPSA) is 29.9 Å². The summed E-state index contributed by atoms with van der Waals surface area (Å²) in [5.74, 6) is 0. The summed E-state index contributed by atoms with van der Waals surface area (Å²) in [7, 11) is 3.86. The molecule has 1 heterocycles. The van der Waals surface area contributed by atoms with Gasteiger partial charge in [0, 0.05) is 19.5 Å². The van der Waals surface area contributed by atoms with Crippen molar-refractivity contribution in [1.29, 1.82) is 0 Å². The molecule has 0 aliphatic rings. The fourth-order valence-electron chi connectivity index (χ4n) is 2.36. The van der Waals surface area contributed by atoms with Crippen LogP contribution in [0, 0.1) is 6.92 Å². The quantitative estimate of drug-likeness (QED) is 0.884. The first-order valence-corrected chi connectivity index (χ1v) is 7.85. The average molecular weight is 347 g/mol. The summed E-state index contributed by atoms with van der Waals surface area (Å²) in [5.41, 5.74) is 3.03. The normalized spacial score (nSPS) is 12.7. The van der Waals surface area contributed by atoms with E-state index in [0.29, 0.717) is 10.0 Å². The van der Waals surface area contributed by atoms with Crippen LogP contribution in [0.3, 0.4) is 0 Å². The lowest BCUT2D eigenvalue weighted by molar-refractivity contribution is 0.533. The number of nitrogens with zero attached hydrogens (tertiary/aromatic N) is 2. The van der Waals surface area contributed by atoms with E-state index in [4.69, 9.17) is 34.8 Å². The van der Waals surface area contributed by atoms with Crippen molar-refractivity contribution in [2.45, 2.75) is 25.8 Å². The Morgan fingerprint density at radius 1 is 1.19 bits per heavy atom. The second-order valence-electron chi connectivity index (χ2n) is 5.11. The van der Waals surface area contributed by atoms with Gasteiger partial charge < -0.3 is 5.32 Å². The Bertz CT molecular complexity index is 637. The smallest absolute Gasteiger partial charge is 0.0847 e. The molecule has 0 aliphatic carbocycles. The summed E-state index contributed by atoms with van der Waals surface area (Å²) >= 11 is 18.3. The fraction of sp³-hybridized carbons (Fsp3) is 0.400. The van der Waals surface area contributed by atoms with Crippen molar-refractivity contribution in [3.05, 3.63) is 50.2 Å². The number of aromatic nitrogens is 2. The minimum absolute atomic E-state index is 0.245. The molecule has 0 radical (unpaired) electrons. The number of likely N-dealkylation sites (N-methyl/N-ethyl adjacent to an activating group) is 1. The van der Waals surface area contributed by atoms with Crippen molar-refractivity contribution in [3.8, 4) is 0 Å². The molecule has 2 aromatic rings. The van der Waals surface area contributed by atoms with Gasteiger partial charge in [-0.3, -0.25) is 4.68 Å². The van der Waals surface area contributed by atoms with Crippen molar-refractivity contribution in [2.24, 2.45) is 7.05 Å². The molecule has 21 heavy (non-hydrogen) atoms. The molecule has 1 aromatic carbocycles. The molecule has 114 valence electrons. The van der Waals surface area contributed by atoms with Crippen LogP contribution in [0.5, 0.6) is 0 Å². The molecule has 0 fully saturated rings. The molecular weight excluding hydrogens is 329 g/mol.